The molecule has 0 saturated carbocycles. The zero-order valence-corrected chi connectivity index (χ0v) is 22.2. The van der Waals surface area contributed by atoms with Crippen molar-refractivity contribution in [1.82, 2.24) is 14.9 Å². The third kappa shape index (κ3) is 6.31. The largest absolute Gasteiger partial charge is 0.466 e. The predicted octanol–water partition coefficient (Wildman–Crippen LogP) is 4.14. The number of anilines is 1. The van der Waals surface area contributed by atoms with E-state index in [-0.39, 0.29) is 12.4 Å². The number of hydrogen-bond donors (Lipinski definition) is 1. The smallest absolute Gasteiger partial charge is 0.340 e. The maximum atomic E-state index is 13.6. The number of carbonyl (C=O) groups excluding carboxylic acids is 3. The van der Waals surface area contributed by atoms with Crippen molar-refractivity contribution in [2.24, 2.45) is 0 Å². The molecule has 1 atom stereocenters. The molecule has 10 heteroatoms. The molecule has 4 rings (SSSR count). The molecular formula is C27H32N4O5S. The number of amides is 1. The van der Waals surface area contributed by atoms with Crippen LogP contribution in [0.15, 0.2) is 29.6 Å². The maximum Gasteiger partial charge on any atom is 0.340 e. The zero-order valence-electron chi connectivity index (χ0n) is 21.4. The first-order valence-corrected chi connectivity index (χ1v) is 13.6. The third-order valence-corrected chi connectivity index (χ3v) is 7.00. The summed E-state index contributed by atoms with van der Waals surface area (Å²) in [7, 11) is 0. The molecule has 1 unspecified atom stereocenters. The first-order chi connectivity index (χ1) is 17.9. The second-order valence-corrected chi connectivity index (χ2v) is 9.73. The van der Waals surface area contributed by atoms with Crippen LogP contribution in [0.2, 0.25) is 0 Å². The molecule has 1 aliphatic rings. The molecule has 9 nitrogen and oxygen atoms in total. The minimum atomic E-state index is -0.997. The van der Waals surface area contributed by atoms with E-state index >= 15 is 0 Å². The number of pyridine rings is 1. The molecule has 0 saturated heterocycles. The fourth-order valence-electron chi connectivity index (χ4n) is 4.49. The van der Waals surface area contributed by atoms with Crippen molar-refractivity contribution in [3.63, 3.8) is 0 Å². The van der Waals surface area contributed by atoms with Crippen LogP contribution in [0.1, 0.15) is 60.9 Å². The molecular weight excluding hydrogens is 492 g/mol. The molecule has 3 heterocycles. The van der Waals surface area contributed by atoms with E-state index in [9.17, 15) is 14.4 Å². The lowest BCUT2D eigenvalue weighted by atomic mass is 9.95. The van der Waals surface area contributed by atoms with Gasteiger partial charge in [0.05, 0.1) is 29.8 Å². The van der Waals surface area contributed by atoms with E-state index in [0.29, 0.717) is 36.0 Å². The van der Waals surface area contributed by atoms with E-state index in [1.54, 1.807) is 19.2 Å². The lowest BCUT2D eigenvalue weighted by Crippen LogP contribution is -2.35. The van der Waals surface area contributed by atoms with Crippen molar-refractivity contribution in [3.8, 4) is 0 Å². The van der Waals surface area contributed by atoms with Gasteiger partial charge in [0.15, 0.2) is 11.2 Å². The summed E-state index contributed by atoms with van der Waals surface area (Å²) in [5.41, 5.74) is 3.52. The maximum absolute atomic E-state index is 13.6. The lowest BCUT2D eigenvalue weighted by Gasteiger charge is -2.29. The van der Waals surface area contributed by atoms with Crippen LogP contribution in [-0.4, -0.2) is 58.5 Å². The zero-order chi connectivity index (χ0) is 26.4. The van der Waals surface area contributed by atoms with Crippen LogP contribution in [0.4, 0.5) is 5.13 Å². The van der Waals surface area contributed by atoms with Crippen molar-refractivity contribution >= 4 is 45.2 Å². The van der Waals surface area contributed by atoms with Gasteiger partial charge in [-0.3, -0.25) is 24.8 Å². The summed E-state index contributed by atoms with van der Waals surface area (Å²) >= 11 is 1.20. The van der Waals surface area contributed by atoms with Gasteiger partial charge < -0.3 is 9.47 Å². The number of nitrogens with zero attached hydrogens (tertiary/aromatic N) is 3. The van der Waals surface area contributed by atoms with E-state index in [1.807, 2.05) is 24.3 Å². The summed E-state index contributed by atoms with van der Waals surface area (Å²) in [4.78, 5) is 49.7. The third-order valence-electron chi connectivity index (χ3n) is 6.19. The highest BCUT2D eigenvalue weighted by molar-refractivity contribution is 7.13. The summed E-state index contributed by atoms with van der Waals surface area (Å²) in [5, 5.41) is 5.47. The topological polar surface area (TPSA) is 111 Å². The minimum absolute atomic E-state index is 0.0294. The van der Waals surface area contributed by atoms with Crippen LogP contribution in [0.5, 0.6) is 0 Å². The Hall–Kier alpha value is -3.37. The van der Waals surface area contributed by atoms with E-state index in [1.165, 1.54) is 11.3 Å². The van der Waals surface area contributed by atoms with Crippen LogP contribution < -0.4 is 5.32 Å². The number of nitrogens with one attached hydrogen (secondary N) is 1. The normalized spacial score (nSPS) is 14.1. The summed E-state index contributed by atoms with van der Waals surface area (Å²) < 4.78 is 10.7. The molecule has 0 bridgehead atoms. The number of para-hydroxylation sites is 1. The Kier molecular flexibility index (Phi) is 8.83. The van der Waals surface area contributed by atoms with Gasteiger partial charge in [0.25, 0.3) is 5.91 Å². The van der Waals surface area contributed by atoms with Crippen molar-refractivity contribution in [3.05, 3.63) is 52.2 Å². The monoisotopic (exact) mass is 524 g/mol. The molecule has 0 aliphatic carbocycles. The fraction of sp³-hybridized carbons (Fsp3) is 0.444. The van der Waals surface area contributed by atoms with E-state index in [0.717, 1.165) is 48.1 Å². The summed E-state index contributed by atoms with van der Waals surface area (Å²) in [5.74, 6) is -1.37. The Morgan fingerprint density at radius 3 is 2.73 bits per heavy atom. The van der Waals surface area contributed by atoms with Gasteiger partial charge in [-0.15, -0.1) is 11.3 Å². The van der Waals surface area contributed by atoms with Gasteiger partial charge in [0, 0.05) is 41.5 Å². The number of carbonyl (C=O) groups is 3. The van der Waals surface area contributed by atoms with Crippen LogP contribution in [0.25, 0.3) is 10.9 Å². The average Bonchev–Trinajstić information content (AvgIpc) is 3.32. The fourth-order valence-corrected chi connectivity index (χ4v) is 5.20. The summed E-state index contributed by atoms with van der Waals surface area (Å²) in [6.07, 6.45) is 1.11. The first kappa shape index (κ1) is 26.7. The van der Waals surface area contributed by atoms with Gasteiger partial charge >= 0.3 is 11.9 Å². The number of thiazole rings is 1. The number of esters is 2. The molecule has 196 valence electrons. The predicted molar refractivity (Wildman–Crippen MR) is 142 cm³/mol. The highest BCUT2D eigenvalue weighted by Gasteiger charge is 2.29. The Bertz CT molecular complexity index is 1290. The average molecular weight is 525 g/mol. The van der Waals surface area contributed by atoms with Gasteiger partial charge in [-0.25, -0.2) is 9.78 Å². The van der Waals surface area contributed by atoms with Gasteiger partial charge in [-0.05, 0) is 32.4 Å². The Morgan fingerprint density at radius 1 is 1.16 bits per heavy atom. The number of benzene rings is 1. The standard InChI is InChI=1S/C27H32N4O5S/c1-4-12-31-13-11-21-19(15-31)24(18-9-7-8-10-20(18)29-21)26(34)36-22(5-2)25(33)30-27-28-17(16-37-27)14-23(32)35-6-3/h7-10,16,22H,4-6,11-15H2,1-3H3,(H,28,30,33). The highest BCUT2D eigenvalue weighted by Crippen LogP contribution is 2.29. The molecule has 0 fully saturated rings. The van der Waals surface area contributed by atoms with Crippen molar-refractivity contribution in [2.45, 2.75) is 59.1 Å². The van der Waals surface area contributed by atoms with Crippen molar-refractivity contribution in [1.29, 1.82) is 0 Å². The molecule has 3 aromatic rings. The van der Waals surface area contributed by atoms with Crippen LogP contribution in [0.3, 0.4) is 0 Å². The van der Waals surface area contributed by atoms with E-state index in [2.05, 4.69) is 22.1 Å². The molecule has 1 amide bonds. The number of fused-ring (bicyclic) bond motifs is 2. The van der Waals surface area contributed by atoms with E-state index < -0.39 is 18.0 Å². The molecule has 1 aliphatic heterocycles. The molecule has 37 heavy (non-hydrogen) atoms. The SMILES string of the molecule is CCCN1CCc2nc3ccccc3c(C(=O)OC(CC)C(=O)Nc3nc(CC(=O)OCC)cs3)c2C1. The van der Waals surface area contributed by atoms with Gasteiger partial charge in [0.2, 0.25) is 0 Å². The summed E-state index contributed by atoms with van der Waals surface area (Å²) in [6, 6.07) is 7.54. The van der Waals surface area contributed by atoms with Gasteiger partial charge in [-0.1, -0.05) is 32.0 Å². The number of ether oxygens (including phenoxy) is 2. The Balaban J connectivity index is 1.53. The minimum Gasteiger partial charge on any atom is -0.466 e. The Labute approximate surface area is 220 Å². The molecule has 1 N–H and O–H groups in total. The highest BCUT2D eigenvalue weighted by atomic mass is 32.1. The lowest BCUT2D eigenvalue weighted by molar-refractivity contribution is -0.142. The van der Waals surface area contributed by atoms with E-state index in [4.69, 9.17) is 14.5 Å². The molecule has 1 aromatic carbocycles. The number of aromatic nitrogens is 2. The first-order valence-electron chi connectivity index (χ1n) is 12.7. The van der Waals surface area contributed by atoms with Gasteiger partial charge in [0.1, 0.15) is 0 Å². The second kappa shape index (κ2) is 12.2. The second-order valence-electron chi connectivity index (χ2n) is 8.87. The molecule has 2 aromatic heterocycles. The molecule has 0 radical (unpaired) electrons. The quantitative estimate of drug-likeness (QED) is 0.394. The number of rotatable bonds is 10. The van der Waals surface area contributed by atoms with Crippen molar-refractivity contribution < 1.29 is 23.9 Å². The van der Waals surface area contributed by atoms with Crippen LogP contribution >= 0.6 is 11.3 Å². The van der Waals surface area contributed by atoms with Gasteiger partial charge in [-0.2, -0.15) is 0 Å². The molecule has 0 spiro atoms. The number of hydrogen-bond acceptors (Lipinski definition) is 9. The summed E-state index contributed by atoms with van der Waals surface area (Å²) in [6.45, 7) is 8.41. The van der Waals surface area contributed by atoms with Crippen LogP contribution in [-0.2, 0) is 38.4 Å². The van der Waals surface area contributed by atoms with Crippen LogP contribution in [0, 0.1) is 0 Å². The Morgan fingerprint density at radius 2 is 1.97 bits per heavy atom. The van der Waals surface area contributed by atoms with Crippen molar-refractivity contribution in [2.75, 3.05) is 25.0 Å².